The summed E-state index contributed by atoms with van der Waals surface area (Å²) in [6.45, 7) is 3.83. The topological polar surface area (TPSA) is 39.2 Å². The lowest BCUT2D eigenvalue weighted by molar-refractivity contribution is 0.248. The minimum absolute atomic E-state index is 0.107. The highest BCUT2D eigenvalue weighted by Crippen LogP contribution is 2.50. The fourth-order valence-electron chi connectivity index (χ4n) is 2.70. The van der Waals surface area contributed by atoms with Crippen molar-refractivity contribution in [3.8, 4) is 0 Å². The first-order valence-electron chi connectivity index (χ1n) is 7.74. The number of pyridine rings is 1. The van der Waals surface area contributed by atoms with Crippen molar-refractivity contribution >= 4 is 23.6 Å². The summed E-state index contributed by atoms with van der Waals surface area (Å²) < 4.78 is 19.5. The fraction of sp³-hybridized carbons (Fsp3) is 0.211. The summed E-state index contributed by atoms with van der Waals surface area (Å²) in [5.74, 6) is 0. The zero-order valence-electron chi connectivity index (χ0n) is 13.3. The Bertz CT molecular complexity index is 841. The largest absolute Gasteiger partial charge is 0.322 e. The van der Waals surface area contributed by atoms with Crippen molar-refractivity contribution in [3.63, 3.8) is 0 Å². The van der Waals surface area contributed by atoms with Gasteiger partial charge in [-0.1, -0.05) is 42.5 Å². The van der Waals surface area contributed by atoms with Gasteiger partial charge in [-0.15, -0.1) is 0 Å². The van der Waals surface area contributed by atoms with E-state index in [9.17, 15) is 4.57 Å². The molecule has 0 bridgehead atoms. The van der Waals surface area contributed by atoms with E-state index in [0.29, 0.717) is 6.16 Å². The molecule has 118 valence electrons. The van der Waals surface area contributed by atoms with Crippen LogP contribution in [0.1, 0.15) is 19.4 Å². The van der Waals surface area contributed by atoms with Gasteiger partial charge in [-0.2, -0.15) is 0 Å². The van der Waals surface area contributed by atoms with Crippen LogP contribution in [-0.2, 0) is 15.3 Å². The van der Waals surface area contributed by atoms with E-state index < -0.39 is 7.37 Å². The third kappa shape index (κ3) is 3.52. The van der Waals surface area contributed by atoms with Gasteiger partial charge in [0.2, 0.25) is 7.37 Å². The van der Waals surface area contributed by atoms with Crippen molar-refractivity contribution in [2.24, 2.45) is 0 Å². The van der Waals surface area contributed by atoms with Crippen LogP contribution in [0.25, 0.3) is 10.9 Å². The lowest BCUT2D eigenvalue weighted by atomic mass is 10.1. The third-order valence-corrected chi connectivity index (χ3v) is 6.23. The van der Waals surface area contributed by atoms with Crippen molar-refractivity contribution in [1.29, 1.82) is 0 Å². The van der Waals surface area contributed by atoms with Crippen molar-refractivity contribution < 1.29 is 9.09 Å². The van der Waals surface area contributed by atoms with Crippen LogP contribution in [-0.4, -0.2) is 11.1 Å². The Labute approximate surface area is 136 Å². The molecular weight excluding hydrogens is 305 g/mol. The van der Waals surface area contributed by atoms with Crippen LogP contribution in [0.2, 0.25) is 0 Å². The maximum Gasteiger partial charge on any atom is 0.236 e. The Kier molecular flexibility index (Phi) is 4.61. The second-order valence-corrected chi connectivity index (χ2v) is 8.20. The van der Waals surface area contributed by atoms with Gasteiger partial charge >= 0.3 is 0 Å². The SMILES string of the molecule is CC(C)OP(=O)(Cc1cccc2cccnc12)c1ccccc1. The standard InChI is InChI=1S/C19H20NO2P/c1-15(2)22-23(21,18-11-4-3-5-12-18)14-17-9-6-8-16-10-7-13-20-19(16)17/h3-13,15H,14H2,1-2H3. The predicted octanol–water partition coefficient (Wildman–Crippen LogP) is 4.76. The van der Waals surface area contributed by atoms with Crippen molar-refractivity contribution in [3.05, 3.63) is 72.4 Å². The zero-order valence-corrected chi connectivity index (χ0v) is 14.2. The lowest BCUT2D eigenvalue weighted by Crippen LogP contribution is -2.13. The highest BCUT2D eigenvalue weighted by molar-refractivity contribution is 7.66. The minimum atomic E-state index is -2.99. The maximum absolute atomic E-state index is 13.6. The van der Waals surface area contributed by atoms with Gasteiger partial charge < -0.3 is 4.52 Å². The van der Waals surface area contributed by atoms with Gasteiger partial charge in [0.25, 0.3) is 0 Å². The summed E-state index contributed by atoms with van der Waals surface area (Å²) in [5, 5.41) is 1.80. The molecule has 0 aliphatic rings. The molecule has 1 heterocycles. The molecule has 2 aromatic carbocycles. The number of benzene rings is 2. The van der Waals surface area contributed by atoms with Gasteiger partial charge in [0.1, 0.15) is 0 Å². The summed E-state index contributed by atoms with van der Waals surface area (Å²) >= 11 is 0. The second-order valence-electron chi connectivity index (χ2n) is 5.81. The maximum atomic E-state index is 13.6. The molecule has 0 saturated heterocycles. The molecule has 0 spiro atoms. The second kappa shape index (κ2) is 6.66. The molecule has 0 aliphatic carbocycles. The molecule has 3 rings (SSSR count). The monoisotopic (exact) mass is 325 g/mol. The van der Waals surface area contributed by atoms with E-state index in [-0.39, 0.29) is 6.10 Å². The summed E-state index contributed by atoms with van der Waals surface area (Å²) in [5.41, 5.74) is 1.84. The van der Waals surface area contributed by atoms with Crippen LogP contribution >= 0.6 is 7.37 Å². The van der Waals surface area contributed by atoms with Crippen LogP contribution < -0.4 is 5.30 Å². The zero-order chi connectivity index (χ0) is 16.3. The molecule has 3 nitrogen and oxygen atoms in total. The summed E-state index contributed by atoms with van der Waals surface area (Å²) in [4.78, 5) is 4.46. The number of rotatable bonds is 5. The van der Waals surface area contributed by atoms with E-state index in [1.165, 1.54) is 0 Å². The van der Waals surface area contributed by atoms with Gasteiger partial charge in [-0.25, -0.2) is 0 Å². The summed E-state index contributed by atoms with van der Waals surface area (Å²) in [6, 6.07) is 19.4. The average molecular weight is 325 g/mol. The van der Waals surface area contributed by atoms with Crippen LogP contribution in [0, 0.1) is 0 Å². The number of fused-ring (bicyclic) bond motifs is 1. The molecular formula is C19H20NO2P. The molecule has 1 unspecified atom stereocenters. The number of aromatic nitrogens is 1. The minimum Gasteiger partial charge on any atom is -0.322 e. The van der Waals surface area contributed by atoms with E-state index in [1.807, 2.05) is 74.5 Å². The molecule has 3 aromatic rings. The molecule has 0 fully saturated rings. The van der Waals surface area contributed by atoms with Crippen LogP contribution in [0.3, 0.4) is 0 Å². The van der Waals surface area contributed by atoms with Crippen molar-refractivity contribution in [2.45, 2.75) is 26.1 Å². The Hall–Kier alpha value is -1.96. The molecule has 1 aromatic heterocycles. The number of para-hydroxylation sites is 1. The number of hydrogen-bond donors (Lipinski definition) is 0. The van der Waals surface area contributed by atoms with Gasteiger partial charge in [0.05, 0.1) is 17.8 Å². The first-order chi connectivity index (χ1) is 11.1. The number of hydrogen-bond acceptors (Lipinski definition) is 3. The Morgan fingerprint density at radius 1 is 1.00 bits per heavy atom. The Morgan fingerprint density at radius 3 is 2.48 bits per heavy atom. The molecule has 1 atom stereocenters. The highest BCUT2D eigenvalue weighted by atomic mass is 31.2. The molecule has 0 N–H and O–H groups in total. The number of nitrogens with zero attached hydrogens (tertiary/aromatic N) is 1. The first kappa shape index (κ1) is 15.9. The molecule has 0 amide bonds. The van der Waals surface area contributed by atoms with Crippen LogP contribution in [0.15, 0.2) is 66.9 Å². The first-order valence-corrected chi connectivity index (χ1v) is 9.55. The van der Waals surface area contributed by atoms with E-state index >= 15 is 0 Å². The smallest absolute Gasteiger partial charge is 0.236 e. The van der Waals surface area contributed by atoms with Crippen molar-refractivity contribution in [1.82, 2.24) is 4.98 Å². The van der Waals surface area contributed by atoms with E-state index in [1.54, 1.807) is 6.20 Å². The quantitative estimate of drug-likeness (QED) is 0.635. The van der Waals surface area contributed by atoms with E-state index in [2.05, 4.69) is 4.98 Å². The molecule has 4 heteroatoms. The third-order valence-electron chi connectivity index (χ3n) is 3.63. The summed E-state index contributed by atoms with van der Waals surface area (Å²) in [7, 11) is -2.99. The van der Waals surface area contributed by atoms with E-state index in [0.717, 1.165) is 21.8 Å². The molecule has 0 saturated carbocycles. The molecule has 0 aliphatic heterocycles. The van der Waals surface area contributed by atoms with Gasteiger partial charge in [-0.3, -0.25) is 9.55 Å². The van der Waals surface area contributed by atoms with Crippen LogP contribution in [0.5, 0.6) is 0 Å². The van der Waals surface area contributed by atoms with Gasteiger partial charge in [0.15, 0.2) is 0 Å². The molecule has 0 radical (unpaired) electrons. The van der Waals surface area contributed by atoms with Crippen LogP contribution in [0.4, 0.5) is 0 Å². The normalized spacial score (nSPS) is 14.0. The fourth-order valence-corrected chi connectivity index (χ4v) is 5.09. The van der Waals surface area contributed by atoms with Gasteiger partial charge in [0, 0.05) is 16.9 Å². The Balaban J connectivity index is 2.06. The summed E-state index contributed by atoms with van der Waals surface area (Å²) in [6.07, 6.45) is 2.01. The van der Waals surface area contributed by atoms with Crippen molar-refractivity contribution in [2.75, 3.05) is 0 Å². The highest BCUT2D eigenvalue weighted by Gasteiger charge is 2.28. The Morgan fingerprint density at radius 2 is 1.74 bits per heavy atom. The average Bonchev–Trinajstić information content (AvgIpc) is 2.55. The van der Waals surface area contributed by atoms with E-state index in [4.69, 9.17) is 4.52 Å². The molecule has 23 heavy (non-hydrogen) atoms. The van der Waals surface area contributed by atoms with Gasteiger partial charge in [-0.05, 0) is 37.6 Å². The predicted molar refractivity (Wildman–Crippen MR) is 95.4 cm³/mol. The lowest BCUT2D eigenvalue weighted by Gasteiger charge is -2.22.